The van der Waals surface area contributed by atoms with Crippen LogP contribution >= 0.6 is 0 Å². The van der Waals surface area contributed by atoms with E-state index in [4.69, 9.17) is 4.74 Å². The van der Waals surface area contributed by atoms with Crippen LogP contribution in [-0.4, -0.2) is 36.5 Å². The first kappa shape index (κ1) is 12.9. The highest BCUT2D eigenvalue weighted by Gasteiger charge is 2.44. The van der Waals surface area contributed by atoms with Crippen LogP contribution in [0.3, 0.4) is 0 Å². The molecule has 1 aliphatic rings. The summed E-state index contributed by atoms with van der Waals surface area (Å²) in [5, 5.41) is 12.8. The lowest BCUT2D eigenvalue weighted by molar-refractivity contribution is -0.0652. The minimum absolute atomic E-state index is 0.0911. The van der Waals surface area contributed by atoms with Crippen LogP contribution in [0.25, 0.3) is 0 Å². The van der Waals surface area contributed by atoms with Gasteiger partial charge in [0.1, 0.15) is 0 Å². The summed E-state index contributed by atoms with van der Waals surface area (Å²) < 4.78 is 5.90. The van der Waals surface area contributed by atoms with Gasteiger partial charge in [0, 0.05) is 0 Å². The molecular formula is C12H25NO2. The number of aliphatic hydroxyl groups is 1. The summed E-state index contributed by atoms with van der Waals surface area (Å²) >= 11 is 0. The fourth-order valence-corrected chi connectivity index (χ4v) is 1.71. The van der Waals surface area contributed by atoms with Gasteiger partial charge in [-0.15, -0.1) is 0 Å². The van der Waals surface area contributed by atoms with Crippen molar-refractivity contribution in [2.75, 3.05) is 20.3 Å². The predicted octanol–water partition coefficient (Wildman–Crippen LogP) is 1.55. The molecule has 0 aromatic heterocycles. The number of hydrogen-bond acceptors (Lipinski definition) is 3. The second kappa shape index (κ2) is 4.81. The molecule has 0 aromatic carbocycles. The monoisotopic (exact) mass is 215 g/mol. The third-order valence-corrected chi connectivity index (χ3v) is 3.71. The summed E-state index contributed by atoms with van der Waals surface area (Å²) in [5.41, 5.74) is -0.307. The van der Waals surface area contributed by atoms with Crippen LogP contribution < -0.4 is 5.32 Å². The van der Waals surface area contributed by atoms with Gasteiger partial charge in [-0.25, -0.2) is 0 Å². The van der Waals surface area contributed by atoms with E-state index in [0.29, 0.717) is 12.5 Å². The molecule has 0 bridgehead atoms. The van der Waals surface area contributed by atoms with Crippen molar-refractivity contribution in [2.24, 2.45) is 5.92 Å². The molecule has 0 spiro atoms. The molecule has 0 amide bonds. The van der Waals surface area contributed by atoms with Crippen LogP contribution in [-0.2, 0) is 4.74 Å². The van der Waals surface area contributed by atoms with Crippen molar-refractivity contribution in [2.45, 2.75) is 51.2 Å². The Morgan fingerprint density at radius 1 is 1.40 bits per heavy atom. The van der Waals surface area contributed by atoms with Gasteiger partial charge in [-0.05, 0) is 46.1 Å². The molecule has 1 saturated carbocycles. The number of nitrogens with one attached hydrogen (secondary N) is 1. The molecule has 90 valence electrons. The first-order valence-electron chi connectivity index (χ1n) is 5.93. The first-order chi connectivity index (χ1) is 6.99. The van der Waals surface area contributed by atoms with E-state index in [2.05, 4.69) is 26.1 Å². The van der Waals surface area contributed by atoms with E-state index in [1.165, 1.54) is 12.8 Å². The molecule has 1 atom stereocenters. The molecule has 1 rings (SSSR count). The lowest BCUT2D eigenvalue weighted by atomic mass is 9.95. The SMILES string of the molecule is CCC(C)(C)OCC(CO)(NC)C1CC1. The van der Waals surface area contributed by atoms with Gasteiger partial charge in [-0.2, -0.15) is 0 Å². The molecular weight excluding hydrogens is 190 g/mol. The molecule has 3 nitrogen and oxygen atoms in total. The van der Waals surface area contributed by atoms with Crippen molar-refractivity contribution >= 4 is 0 Å². The van der Waals surface area contributed by atoms with Gasteiger partial charge in [0.2, 0.25) is 0 Å². The Balaban J connectivity index is 2.51. The Morgan fingerprint density at radius 2 is 2.00 bits per heavy atom. The lowest BCUT2D eigenvalue weighted by Gasteiger charge is -2.35. The highest BCUT2D eigenvalue weighted by atomic mass is 16.5. The number of rotatable bonds is 7. The first-order valence-corrected chi connectivity index (χ1v) is 5.93. The normalized spacial score (nSPS) is 21.4. The van der Waals surface area contributed by atoms with Crippen LogP contribution in [0.1, 0.15) is 40.0 Å². The average molecular weight is 215 g/mol. The van der Waals surface area contributed by atoms with Crippen LogP contribution in [0.15, 0.2) is 0 Å². The van der Waals surface area contributed by atoms with Gasteiger partial charge in [0.25, 0.3) is 0 Å². The van der Waals surface area contributed by atoms with Crippen molar-refractivity contribution in [1.82, 2.24) is 5.32 Å². The standard InChI is InChI=1S/C12H25NO2/c1-5-11(2,3)15-9-12(8-14,13-4)10-6-7-10/h10,13-14H,5-9H2,1-4H3. The van der Waals surface area contributed by atoms with Gasteiger partial charge in [-0.1, -0.05) is 6.92 Å². The summed E-state index contributed by atoms with van der Waals surface area (Å²) in [5.74, 6) is 0.583. The zero-order chi connectivity index (χ0) is 11.5. The Bertz CT molecular complexity index is 196. The molecule has 15 heavy (non-hydrogen) atoms. The zero-order valence-corrected chi connectivity index (χ0v) is 10.5. The largest absolute Gasteiger partial charge is 0.394 e. The van der Waals surface area contributed by atoms with Gasteiger partial charge in [0.15, 0.2) is 0 Å². The van der Waals surface area contributed by atoms with E-state index in [9.17, 15) is 5.11 Å². The summed E-state index contributed by atoms with van der Waals surface area (Å²) in [6, 6.07) is 0. The topological polar surface area (TPSA) is 41.5 Å². The summed E-state index contributed by atoms with van der Waals surface area (Å²) in [6.45, 7) is 7.08. The van der Waals surface area contributed by atoms with Crippen LogP contribution in [0, 0.1) is 5.92 Å². The van der Waals surface area contributed by atoms with Crippen molar-refractivity contribution in [3.63, 3.8) is 0 Å². The summed E-state index contributed by atoms with van der Waals surface area (Å²) in [6.07, 6.45) is 3.40. The third-order valence-electron chi connectivity index (χ3n) is 3.71. The Hall–Kier alpha value is -0.120. The Labute approximate surface area is 93.2 Å². The van der Waals surface area contributed by atoms with Crippen molar-refractivity contribution in [3.05, 3.63) is 0 Å². The van der Waals surface area contributed by atoms with Crippen LogP contribution in [0.4, 0.5) is 0 Å². The zero-order valence-electron chi connectivity index (χ0n) is 10.5. The van der Waals surface area contributed by atoms with E-state index in [1.54, 1.807) is 0 Å². The molecule has 0 aliphatic heterocycles. The molecule has 1 fully saturated rings. The van der Waals surface area contributed by atoms with Crippen molar-refractivity contribution in [1.29, 1.82) is 0 Å². The average Bonchev–Trinajstić information content (AvgIpc) is 3.05. The van der Waals surface area contributed by atoms with E-state index < -0.39 is 0 Å². The maximum atomic E-state index is 9.51. The highest BCUT2D eigenvalue weighted by molar-refractivity contribution is 5.00. The minimum Gasteiger partial charge on any atom is -0.394 e. The number of aliphatic hydroxyl groups excluding tert-OH is 1. The Morgan fingerprint density at radius 3 is 2.33 bits per heavy atom. The van der Waals surface area contributed by atoms with E-state index in [1.807, 2.05) is 7.05 Å². The van der Waals surface area contributed by atoms with Gasteiger partial charge in [-0.3, -0.25) is 0 Å². The fraction of sp³-hybridized carbons (Fsp3) is 1.00. The molecule has 2 N–H and O–H groups in total. The molecule has 0 heterocycles. The lowest BCUT2D eigenvalue weighted by Crippen LogP contribution is -2.54. The number of ether oxygens (including phenoxy) is 1. The second-order valence-electron chi connectivity index (χ2n) is 5.24. The second-order valence-corrected chi connectivity index (χ2v) is 5.24. The molecule has 1 unspecified atom stereocenters. The molecule has 3 heteroatoms. The van der Waals surface area contributed by atoms with E-state index in [0.717, 1.165) is 6.42 Å². The summed E-state index contributed by atoms with van der Waals surface area (Å²) in [7, 11) is 1.91. The Kier molecular flexibility index (Phi) is 4.15. The fourth-order valence-electron chi connectivity index (χ4n) is 1.71. The summed E-state index contributed by atoms with van der Waals surface area (Å²) in [4.78, 5) is 0. The maximum absolute atomic E-state index is 9.51. The quantitative estimate of drug-likeness (QED) is 0.677. The molecule has 0 aromatic rings. The van der Waals surface area contributed by atoms with Crippen LogP contribution in [0.5, 0.6) is 0 Å². The van der Waals surface area contributed by atoms with E-state index in [-0.39, 0.29) is 17.7 Å². The van der Waals surface area contributed by atoms with Crippen LogP contribution in [0.2, 0.25) is 0 Å². The molecule has 0 radical (unpaired) electrons. The molecule has 1 aliphatic carbocycles. The minimum atomic E-state index is -0.216. The van der Waals surface area contributed by atoms with E-state index >= 15 is 0 Å². The van der Waals surface area contributed by atoms with Gasteiger partial charge in [0.05, 0.1) is 24.4 Å². The maximum Gasteiger partial charge on any atom is 0.0680 e. The number of hydrogen-bond donors (Lipinski definition) is 2. The predicted molar refractivity (Wildman–Crippen MR) is 61.9 cm³/mol. The molecule has 0 saturated heterocycles. The highest BCUT2D eigenvalue weighted by Crippen LogP contribution is 2.40. The number of likely N-dealkylation sites (N-methyl/N-ethyl adjacent to an activating group) is 1. The van der Waals surface area contributed by atoms with Gasteiger partial charge >= 0.3 is 0 Å². The third kappa shape index (κ3) is 3.16. The van der Waals surface area contributed by atoms with Crippen molar-refractivity contribution < 1.29 is 9.84 Å². The van der Waals surface area contributed by atoms with Crippen molar-refractivity contribution in [3.8, 4) is 0 Å². The van der Waals surface area contributed by atoms with Gasteiger partial charge < -0.3 is 15.2 Å². The smallest absolute Gasteiger partial charge is 0.0680 e.